The van der Waals surface area contributed by atoms with Crippen molar-refractivity contribution in [2.24, 2.45) is 0 Å². The molecule has 0 radical (unpaired) electrons. The Morgan fingerprint density at radius 3 is 2.39 bits per heavy atom. The van der Waals surface area contributed by atoms with Gasteiger partial charge in [0.1, 0.15) is 16.7 Å². The maximum atomic E-state index is 12.3. The maximum absolute atomic E-state index is 12.3. The minimum absolute atomic E-state index is 0.0316. The Balaban J connectivity index is 1.96. The van der Waals surface area contributed by atoms with Crippen LogP contribution in [0.25, 0.3) is 21.7 Å². The first-order valence-electron chi connectivity index (χ1n) is 7.14. The topological polar surface area (TPSA) is 50.4 Å². The zero-order chi connectivity index (χ0) is 15.8. The molecule has 0 fully saturated rings. The fourth-order valence-corrected chi connectivity index (χ4v) is 3.51. The predicted molar refractivity (Wildman–Crippen MR) is 92.2 cm³/mol. The Labute approximate surface area is 136 Å². The molecule has 3 nitrogen and oxygen atoms in total. The van der Waals surface area contributed by atoms with Gasteiger partial charge in [-0.05, 0) is 24.3 Å². The molecule has 0 amide bonds. The normalized spacial score (nSPS) is 11.1. The molecular weight excluding hydrogens is 308 g/mol. The summed E-state index contributed by atoms with van der Waals surface area (Å²) in [6.45, 7) is 0. The predicted octanol–water partition coefficient (Wildman–Crippen LogP) is 4.80. The maximum Gasteiger partial charge on any atom is 0.348 e. The van der Waals surface area contributed by atoms with Gasteiger partial charge in [-0.3, -0.25) is 0 Å². The van der Waals surface area contributed by atoms with Crippen molar-refractivity contribution in [3.8, 4) is 5.75 Å². The summed E-state index contributed by atoms with van der Waals surface area (Å²) in [5.74, 6) is -0.0316. The third-order valence-electron chi connectivity index (χ3n) is 3.70. The van der Waals surface area contributed by atoms with Crippen LogP contribution in [0.4, 0.5) is 0 Å². The van der Waals surface area contributed by atoms with Crippen molar-refractivity contribution >= 4 is 33.5 Å². The highest BCUT2D eigenvalue weighted by atomic mass is 32.2. The van der Waals surface area contributed by atoms with E-state index < -0.39 is 5.63 Å². The molecule has 0 unspecified atom stereocenters. The summed E-state index contributed by atoms with van der Waals surface area (Å²) >= 11 is 1.41. The van der Waals surface area contributed by atoms with Crippen molar-refractivity contribution in [1.29, 1.82) is 0 Å². The van der Waals surface area contributed by atoms with Gasteiger partial charge in [-0.25, -0.2) is 4.79 Å². The quantitative estimate of drug-likeness (QED) is 0.425. The summed E-state index contributed by atoms with van der Waals surface area (Å²) in [5, 5.41) is 12.3. The molecule has 0 bridgehead atoms. The minimum Gasteiger partial charge on any atom is -0.506 e. The standard InChI is InChI=1S/C19H12O3S/c20-18-16(23-12-6-2-1-3-7-12)11-10-14-13-8-4-5-9-15(13)22-19(21)17(14)18/h1-11,20H. The second kappa shape index (κ2) is 5.48. The lowest BCUT2D eigenvalue weighted by Gasteiger charge is -2.08. The molecule has 1 N–H and O–H groups in total. The van der Waals surface area contributed by atoms with Gasteiger partial charge in [-0.2, -0.15) is 0 Å². The van der Waals surface area contributed by atoms with Gasteiger partial charge in [0, 0.05) is 15.7 Å². The molecule has 112 valence electrons. The first kappa shape index (κ1) is 13.9. The van der Waals surface area contributed by atoms with Crippen molar-refractivity contribution < 1.29 is 9.52 Å². The van der Waals surface area contributed by atoms with E-state index in [1.54, 1.807) is 6.07 Å². The molecule has 0 saturated carbocycles. The van der Waals surface area contributed by atoms with E-state index in [4.69, 9.17) is 4.42 Å². The summed E-state index contributed by atoms with van der Waals surface area (Å²) in [4.78, 5) is 13.9. The van der Waals surface area contributed by atoms with Crippen LogP contribution in [0, 0.1) is 0 Å². The van der Waals surface area contributed by atoms with Gasteiger partial charge >= 0.3 is 5.63 Å². The Morgan fingerprint density at radius 1 is 0.826 bits per heavy atom. The fraction of sp³-hybridized carbons (Fsp3) is 0. The molecule has 1 heterocycles. The second-order valence-corrected chi connectivity index (χ2v) is 6.25. The van der Waals surface area contributed by atoms with Crippen LogP contribution in [-0.4, -0.2) is 5.11 Å². The number of hydrogen-bond donors (Lipinski definition) is 1. The first-order valence-corrected chi connectivity index (χ1v) is 7.96. The fourth-order valence-electron chi connectivity index (χ4n) is 2.63. The molecule has 4 heteroatoms. The smallest absolute Gasteiger partial charge is 0.348 e. The van der Waals surface area contributed by atoms with Crippen LogP contribution in [0.5, 0.6) is 5.75 Å². The van der Waals surface area contributed by atoms with Gasteiger partial charge in [0.05, 0.1) is 4.90 Å². The SMILES string of the molecule is O=c1oc2ccccc2c2ccc(Sc3ccccc3)c(O)c12. The van der Waals surface area contributed by atoms with E-state index in [-0.39, 0.29) is 11.1 Å². The number of fused-ring (bicyclic) bond motifs is 3. The van der Waals surface area contributed by atoms with E-state index in [0.29, 0.717) is 15.9 Å². The van der Waals surface area contributed by atoms with Crippen molar-refractivity contribution in [2.75, 3.05) is 0 Å². The molecule has 0 aliphatic rings. The summed E-state index contributed by atoms with van der Waals surface area (Å²) in [7, 11) is 0. The Morgan fingerprint density at radius 2 is 1.57 bits per heavy atom. The van der Waals surface area contributed by atoms with E-state index in [1.807, 2.05) is 60.7 Å². The number of rotatable bonds is 2. The summed E-state index contributed by atoms with van der Waals surface area (Å²) in [5.41, 5.74) is -0.000394. The molecule has 1 aromatic heterocycles. The van der Waals surface area contributed by atoms with E-state index >= 15 is 0 Å². The number of benzene rings is 3. The Bertz CT molecular complexity index is 1070. The largest absolute Gasteiger partial charge is 0.506 e. The highest BCUT2D eigenvalue weighted by molar-refractivity contribution is 7.99. The lowest BCUT2D eigenvalue weighted by molar-refractivity contribution is 0.465. The molecule has 3 aromatic carbocycles. The average Bonchev–Trinajstić information content (AvgIpc) is 2.58. The van der Waals surface area contributed by atoms with Crippen molar-refractivity contribution in [1.82, 2.24) is 0 Å². The zero-order valence-corrected chi connectivity index (χ0v) is 12.8. The average molecular weight is 320 g/mol. The molecule has 0 aliphatic carbocycles. The van der Waals surface area contributed by atoms with Crippen LogP contribution in [0.2, 0.25) is 0 Å². The van der Waals surface area contributed by atoms with E-state index in [2.05, 4.69) is 0 Å². The van der Waals surface area contributed by atoms with Gasteiger partial charge in [0.2, 0.25) is 0 Å². The van der Waals surface area contributed by atoms with E-state index in [9.17, 15) is 9.90 Å². The molecule has 4 rings (SSSR count). The molecule has 23 heavy (non-hydrogen) atoms. The summed E-state index contributed by atoms with van der Waals surface area (Å²) in [6.07, 6.45) is 0. The van der Waals surface area contributed by atoms with Crippen LogP contribution in [0.3, 0.4) is 0 Å². The highest BCUT2D eigenvalue weighted by Gasteiger charge is 2.15. The van der Waals surface area contributed by atoms with Gasteiger partial charge in [0.25, 0.3) is 0 Å². The van der Waals surface area contributed by atoms with Crippen LogP contribution in [0.15, 0.2) is 85.7 Å². The number of hydrogen-bond acceptors (Lipinski definition) is 4. The molecule has 0 spiro atoms. The third-order valence-corrected chi connectivity index (χ3v) is 4.75. The van der Waals surface area contributed by atoms with Crippen LogP contribution >= 0.6 is 11.8 Å². The monoisotopic (exact) mass is 320 g/mol. The molecule has 0 saturated heterocycles. The molecular formula is C19H12O3S. The van der Waals surface area contributed by atoms with Gasteiger partial charge in [0.15, 0.2) is 0 Å². The Kier molecular flexibility index (Phi) is 3.32. The van der Waals surface area contributed by atoms with Crippen molar-refractivity contribution in [3.05, 3.63) is 77.2 Å². The van der Waals surface area contributed by atoms with Gasteiger partial charge < -0.3 is 9.52 Å². The molecule has 4 aromatic rings. The van der Waals surface area contributed by atoms with Crippen molar-refractivity contribution in [2.45, 2.75) is 9.79 Å². The third kappa shape index (κ3) is 2.37. The van der Waals surface area contributed by atoms with E-state index in [1.165, 1.54) is 11.8 Å². The summed E-state index contributed by atoms with van der Waals surface area (Å²) < 4.78 is 5.34. The first-order chi connectivity index (χ1) is 11.2. The van der Waals surface area contributed by atoms with E-state index in [0.717, 1.165) is 10.3 Å². The lowest BCUT2D eigenvalue weighted by Crippen LogP contribution is -2.00. The second-order valence-electron chi connectivity index (χ2n) is 5.14. The van der Waals surface area contributed by atoms with Gasteiger partial charge in [-0.15, -0.1) is 0 Å². The number of aromatic hydroxyl groups is 1. The van der Waals surface area contributed by atoms with Crippen LogP contribution in [0.1, 0.15) is 0 Å². The highest BCUT2D eigenvalue weighted by Crippen LogP contribution is 2.39. The lowest BCUT2D eigenvalue weighted by atomic mass is 10.1. The van der Waals surface area contributed by atoms with Crippen molar-refractivity contribution in [3.63, 3.8) is 0 Å². The summed E-state index contributed by atoms with van der Waals surface area (Å²) in [6, 6.07) is 20.7. The zero-order valence-electron chi connectivity index (χ0n) is 12.0. The Hall–Kier alpha value is -2.72. The van der Waals surface area contributed by atoms with Crippen LogP contribution < -0.4 is 5.63 Å². The molecule has 0 atom stereocenters. The number of phenols is 1. The number of para-hydroxylation sites is 1. The van der Waals surface area contributed by atoms with Gasteiger partial charge in [-0.1, -0.05) is 54.2 Å². The molecule has 0 aliphatic heterocycles. The number of phenolic OH excluding ortho intramolecular Hbond substituents is 1. The minimum atomic E-state index is -0.522. The van der Waals surface area contributed by atoms with Crippen LogP contribution in [-0.2, 0) is 0 Å².